The molecule has 9 heteroatoms. The van der Waals surface area contributed by atoms with Crippen LogP contribution in [0, 0.1) is 12.3 Å². The van der Waals surface area contributed by atoms with Crippen molar-refractivity contribution in [2.24, 2.45) is 0 Å². The molecule has 0 saturated carbocycles. The minimum absolute atomic E-state index is 0.0154. The van der Waals surface area contributed by atoms with Crippen molar-refractivity contribution in [1.82, 2.24) is 9.71 Å². The number of benzene rings is 1. The fraction of sp³-hybridized carbons (Fsp3) is 0. The van der Waals surface area contributed by atoms with E-state index in [9.17, 15) is 13.2 Å². The third-order valence-electron chi connectivity index (χ3n) is 2.26. The minimum Gasteiger partial charge on any atom is -0.268 e. The Labute approximate surface area is 135 Å². The van der Waals surface area contributed by atoms with E-state index in [2.05, 4.69) is 10.9 Å². The molecule has 0 spiro atoms. The summed E-state index contributed by atoms with van der Waals surface area (Å²) in [5.74, 6) is 1.38. The quantitative estimate of drug-likeness (QED) is 0.853. The second kappa shape index (κ2) is 6.03. The lowest BCUT2D eigenvalue weighted by molar-refractivity contribution is 0.0981. The van der Waals surface area contributed by atoms with Crippen LogP contribution in [0.3, 0.4) is 0 Å². The number of rotatable bonds is 3. The van der Waals surface area contributed by atoms with Crippen LogP contribution in [0.15, 0.2) is 28.7 Å². The molecule has 0 radical (unpaired) electrons. The van der Waals surface area contributed by atoms with Crippen molar-refractivity contribution >= 4 is 50.5 Å². The zero-order valence-corrected chi connectivity index (χ0v) is 13.3. The second-order valence-electron chi connectivity index (χ2n) is 3.69. The van der Waals surface area contributed by atoms with E-state index in [-0.39, 0.29) is 14.9 Å². The van der Waals surface area contributed by atoms with Gasteiger partial charge >= 0.3 is 0 Å². The van der Waals surface area contributed by atoms with Gasteiger partial charge in [-0.15, -0.1) is 6.42 Å². The Kier molecular flexibility index (Phi) is 4.54. The molecule has 1 aromatic heterocycles. The lowest BCUT2D eigenvalue weighted by atomic mass is 10.2. The van der Waals surface area contributed by atoms with Gasteiger partial charge in [0.05, 0.1) is 21.7 Å². The van der Waals surface area contributed by atoms with Gasteiger partial charge in [0.25, 0.3) is 15.9 Å². The fourth-order valence-corrected chi connectivity index (χ4v) is 3.76. The highest BCUT2D eigenvalue weighted by atomic mass is 35.5. The van der Waals surface area contributed by atoms with E-state index in [4.69, 9.17) is 29.6 Å². The molecule has 0 unspecified atom stereocenters. The monoisotopic (exact) mass is 360 g/mol. The number of amides is 1. The van der Waals surface area contributed by atoms with Crippen molar-refractivity contribution < 1.29 is 13.2 Å². The fourth-order valence-electron chi connectivity index (χ4n) is 1.34. The molecule has 1 amide bonds. The summed E-state index contributed by atoms with van der Waals surface area (Å²) in [5, 5.41) is 0.372. The summed E-state index contributed by atoms with van der Waals surface area (Å²) in [6, 6.07) is 4.09. The Hall–Kier alpha value is -1.59. The van der Waals surface area contributed by atoms with E-state index in [1.54, 1.807) is 0 Å². The maximum Gasteiger partial charge on any atom is 0.291 e. The number of terminal acetylenes is 1. The van der Waals surface area contributed by atoms with Crippen molar-refractivity contribution in [3.05, 3.63) is 44.9 Å². The van der Waals surface area contributed by atoms with Crippen molar-refractivity contribution in [2.45, 2.75) is 4.34 Å². The summed E-state index contributed by atoms with van der Waals surface area (Å²) in [7, 11) is -4.10. The first-order chi connectivity index (χ1) is 9.83. The number of hydrogen-bond donors (Lipinski definition) is 1. The maximum absolute atomic E-state index is 12.0. The number of halogens is 2. The van der Waals surface area contributed by atoms with Crippen LogP contribution in [0.5, 0.6) is 0 Å². The van der Waals surface area contributed by atoms with Gasteiger partial charge < -0.3 is 0 Å². The Bertz CT molecular complexity index is 854. The van der Waals surface area contributed by atoms with Crippen molar-refractivity contribution in [3.63, 3.8) is 0 Å². The van der Waals surface area contributed by atoms with Crippen LogP contribution < -0.4 is 4.72 Å². The lowest BCUT2D eigenvalue weighted by Gasteiger charge is -2.06. The zero-order valence-electron chi connectivity index (χ0n) is 10.1. The largest absolute Gasteiger partial charge is 0.291 e. The molecule has 0 aliphatic rings. The van der Waals surface area contributed by atoms with Crippen LogP contribution in [-0.4, -0.2) is 19.3 Å². The van der Waals surface area contributed by atoms with Crippen LogP contribution in [0.4, 0.5) is 0 Å². The van der Waals surface area contributed by atoms with Gasteiger partial charge in [0, 0.05) is 5.02 Å². The van der Waals surface area contributed by atoms with Crippen LogP contribution in [-0.2, 0) is 10.0 Å². The standard InChI is InChI=1S/C12H6Cl2N2O3S2/c1-2-8-6-15-12(20-8)21(18,19)16-11(17)9-4-3-7(13)5-10(9)14/h1,3-6H,(H,16,17). The molecule has 0 atom stereocenters. The molecule has 0 fully saturated rings. The predicted octanol–water partition coefficient (Wildman–Crippen LogP) is 2.55. The first-order valence-electron chi connectivity index (χ1n) is 5.28. The Morgan fingerprint density at radius 1 is 1.38 bits per heavy atom. The number of nitrogens with zero attached hydrogens (tertiary/aromatic N) is 1. The molecule has 21 heavy (non-hydrogen) atoms. The molecule has 0 aliphatic carbocycles. The highest BCUT2D eigenvalue weighted by molar-refractivity contribution is 7.92. The van der Waals surface area contributed by atoms with E-state index in [0.717, 1.165) is 11.3 Å². The smallest absolute Gasteiger partial charge is 0.268 e. The number of sulfonamides is 1. The lowest BCUT2D eigenvalue weighted by Crippen LogP contribution is -2.30. The van der Waals surface area contributed by atoms with E-state index in [1.165, 1.54) is 24.4 Å². The topological polar surface area (TPSA) is 76.1 Å². The number of carbonyl (C=O) groups excluding carboxylic acids is 1. The average molecular weight is 361 g/mol. The molecule has 108 valence electrons. The molecular weight excluding hydrogens is 355 g/mol. The van der Waals surface area contributed by atoms with Crippen LogP contribution in [0.2, 0.25) is 10.0 Å². The summed E-state index contributed by atoms with van der Waals surface area (Å²) in [5.41, 5.74) is -0.0154. The predicted molar refractivity (Wildman–Crippen MR) is 81.2 cm³/mol. The van der Waals surface area contributed by atoms with Gasteiger partial charge in [0.15, 0.2) is 0 Å². The highest BCUT2D eigenvalue weighted by Gasteiger charge is 2.23. The molecule has 0 aliphatic heterocycles. The van der Waals surface area contributed by atoms with Crippen LogP contribution in [0.1, 0.15) is 15.2 Å². The van der Waals surface area contributed by atoms with E-state index >= 15 is 0 Å². The number of nitrogens with one attached hydrogen (secondary N) is 1. The summed E-state index contributed by atoms with van der Waals surface area (Å²) in [4.78, 5) is 16.0. The van der Waals surface area contributed by atoms with Gasteiger partial charge in [0.2, 0.25) is 4.34 Å². The SMILES string of the molecule is C#Cc1cnc(S(=O)(=O)NC(=O)c2ccc(Cl)cc2Cl)s1. The first kappa shape index (κ1) is 15.8. The normalized spacial score (nSPS) is 10.9. The molecule has 1 aromatic carbocycles. The van der Waals surface area contributed by atoms with Crippen LogP contribution >= 0.6 is 34.5 Å². The molecule has 2 aromatic rings. The highest BCUT2D eigenvalue weighted by Crippen LogP contribution is 2.22. The second-order valence-corrected chi connectivity index (χ2v) is 7.42. The number of carbonyl (C=O) groups is 1. The van der Waals surface area contributed by atoms with E-state index in [1.807, 2.05) is 4.72 Å². The van der Waals surface area contributed by atoms with Crippen molar-refractivity contribution in [3.8, 4) is 12.3 Å². The van der Waals surface area contributed by atoms with Crippen molar-refractivity contribution in [1.29, 1.82) is 0 Å². The minimum atomic E-state index is -4.10. The van der Waals surface area contributed by atoms with Gasteiger partial charge in [-0.2, -0.15) is 8.42 Å². The van der Waals surface area contributed by atoms with Gasteiger partial charge in [-0.25, -0.2) is 9.71 Å². The summed E-state index contributed by atoms with van der Waals surface area (Å²) >= 11 is 12.3. The Morgan fingerprint density at radius 3 is 2.67 bits per heavy atom. The van der Waals surface area contributed by atoms with Crippen molar-refractivity contribution in [2.75, 3.05) is 0 Å². The number of thiazole rings is 1. The third kappa shape index (κ3) is 3.54. The summed E-state index contributed by atoms with van der Waals surface area (Å²) in [6.45, 7) is 0. The third-order valence-corrected chi connectivity index (χ3v) is 5.46. The molecule has 2 rings (SSSR count). The number of aromatic nitrogens is 1. The zero-order chi connectivity index (χ0) is 15.6. The van der Waals surface area contributed by atoms with Gasteiger partial charge in [-0.1, -0.05) is 40.5 Å². The molecule has 0 saturated heterocycles. The number of hydrogen-bond acceptors (Lipinski definition) is 5. The molecular formula is C12H6Cl2N2O3S2. The van der Waals surface area contributed by atoms with Gasteiger partial charge in [-0.3, -0.25) is 4.79 Å². The summed E-state index contributed by atoms with van der Waals surface area (Å²) < 4.78 is 25.6. The van der Waals surface area contributed by atoms with Crippen LogP contribution in [0.25, 0.3) is 0 Å². The maximum atomic E-state index is 12.0. The Balaban J connectivity index is 2.28. The molecule has 1 heterocycles. The average Bonchev–Trinajstić information content (AvgIpc) is 2.87. The molecule has 1 N–H and O–H groups in total. The Morgan fingerprint density at radius 2 is 2.10 bits per heavy atom. The molecule has 5 nitrogen and oxygen atoms in total. The van der Waals surface area contributed by atoms with Gasteiger partial charge in [-0.05, 0) is 18.2 Å². The van der Waals surface area contributed by atoms with E-state index in [0.29, 0.717) is 9.90 Å². The van der Waals surface area contributed by atoms with E-state index < -0.39 is 15.9 Å². The molecule has 0 bridgehead atoms. The first-order valence-corrected chi connectivity index (χ1v) is 8.33. The summed E-state index contributed by atoms with van der Waals surface area (Å²) in [6.07, 6.45) is 6.38. The van der Waals surface area contributed by atoms with Gasteiger partial charge in [0.1, 0.15) is 0 Å².